The second kappa shape index (κ2) is 4.16. The lowest BCUT2D eigenvalue weighted by atomic mass is 9.50. The summed E-state index contributed by atoms with van der Waals surface area (Å²) in [6, 6.07) is 0. The molecule has 0 heterocycles. The molecule has 0 N–H and O–H groups in total. The van der Waals surface area contributed by atoms with Crippen LogP contribution in [0.4, 0.5) is 0 Å². The molecule has 0 heteroatoms. The summed E-state index contributed by atoms with van der Waals surface area (Å²) in [4.78, 5) is 0. The standard InChI is InChI=1S/C18H24/c1-2-4-14(5-3-1)6-7-18-11-15-8-16(12-18)10-17(9-15)13-18/h4,15-17H,1-3,5,8-13H2. The summed E-state index contributed by atoms with van der Waals surface area (Å²) in [6.07, 6.45) is 16.5. The highest BCUT2D eigenvalue weighted by molar-refractivity contribution is 5.33. The minimum absolute atomic E-state index is 0.451. The maximum absolute atomic E-state index is 3.78. The van der Waals surface area contributed by atoms with Gasteiger partial charge >= 0.3 is 0 Å². The number of hydrogen-bond donors (Lipinski definition) is 0. The molecule has 18 heavy (non-hydrogen) atoms. The van der Waals surface area contributed by atoms with E-state index in [1.807, 2.05) is 0 Å². The molecule has 0 radical (unpaired) electrons. The molecule has 96 valence electrons. The fraction of sp³-hybridized carbons (Fsp3) is 0.778. The highest BCUT2D eigenvalue weighted by atomic mass is 14.5. The molecule has 5 aliphatic carbocycles. The first-order valence-electron chi connectivity index (χ1n) is 8.04. The molecule has 0 aromatic heterocycles. The molecule has 4 fully saturated rings. The highest BCUT2D eigenvalue weighted by Gasteiger charge is 2.50. The molecule has 0 aromatic rings. The molecule has 5 rings (SSSR count). The van der Waals surface area contributed by atoms with Crippen molar-refractivity contribution >= 4 is 0 Å². The Morgan fingerprint density at radius 1 is 0.944 bits per heavy atom. The largest absolute Gasteiger partial charge is 0.0914 e. The zero-order chi connectivity index (χ0) is 12.0. The van der Waals surface area contributed by atoms with Crippen LogP contribution in [0.1, 0.15) is 64.2 Å². The van der Waals surface area contributed by atoms with Crippen molar-refractivity contribution in [3.8, 4) is 11.8 Å². The first-order chi connectivity index (χ1) is 8.81. The van der Waals surface area contributed by atoms with Gasteiger partial charge in [0.05, 0.1) is 0 Å². The van der Waals surface area contributed by atoms with E-state index in [2.05, 4.69) is 17.9 Å². The van der Waals surface area contributed by atoms with E-state index in [1.54, 1.807) is 0 Å². The average Bonchev–Trinajstić information content (AvgIpc) is 2.36. The number of hydrogen-bond acceptors (Lipinski definition) is 0. The zero-order valence-corrected chi connectivity index (χ0v) is 11.4. The van der Waals surface area contributed by atoms with Crippen LogP contribution in [0.15, 0.2) is 11.6 Å². The van der Waals surface area contributed by atoms with E-state index in [0.29, 0.717) is 5.41 Å². The fourth-order valence-electron chi connectivity index (χ4n) is 5.43. The Bertz CT molecular complexity index is 393. The van der Waals surface area contributed by atoms with Gasteiger partial charge in [0.25, 0.3) is 0 Å². The van der Waals surface area contributed by atoms with Crippen molar-refractivity contribution in [2.45, 2.75) is 64.2 Å². The van der Waals surface area contributed by atoms with Crippen molar-refractivity contribution in [1.82, 2.24) is 0 Å². The molecule has 0 spiro atoms. The van der Waals surface area contributed by atoms with Crippen LogP contribution < -0.4 is 0 Å². The molecular weight excluding hydrogens is 216 g/mol. The van der Waals surface area contributed by atoms with Gasteiger partial charge in [-0.2, -0.15) is 0 Å². The van der Waals surface area contributed by atoms with E-state index in [-0.39, 0.29) is 0 Å². The van der Waals surface area contributed by atoms with Crippen LogP contribution in [-0.2, 0) is 0 Å². The van der Waals surface area contributed by atoms with Crippen LogP contribution in [0.25, 0.3) is 0 Å². The second-order valence-electron chi connectivity index (χ2n) is 7.42. The number of rotatable bonds is 0. The lowest BCUT2D eigenvalue weighted by Gasteiger charge is -2.54. The van der Waals surface area contributed by atoms with E-state index >= 15 is 0 Å². The van der Waals surface area contributed by atoms with Crippen LogP contribution in [0, 0.1) is 35.0 Å². The van der Waals surface area contributed by atoms with Gasteiger partial charge in [0.15, 0.2) is 0 Å². The molecule has 0 aromatic carbocycles. The number of allylic oxidation sites excluding steroid dienone is 2. The van der Waals surface area contributed by atoms with E-state index in [4.69, 9.17) is 0 Å². The maximum atomic E-state index is 3.78. The van der Waals surface area contributed by atoms with E-state index in [9.17, 15) is 0 Å². The summed E-state index contributed by atoms with van der Waals surface area (Å²) >= 11 is 0. The van der Waals surface area contributed by atoms with Gasteiger partial charge in [-0.1, -0.05) is 17.9 Å². The predicted molar refractivity (Wildman–Crippen MR) is 74.9 cm³/mol. The Morgan fingerprint density at radius 3 is 2.17 bits per heavy atom. The maximum Gasteiger partial charge on any atom is 0.0326 e. The van der Waals surface area contributed by atoms with Crippen LogP contribution in [-0.4, -0.2) is 0 Å². The van der Waals surface area contributed by atoms with Crippen molar-refractivity contribution < 1.29 is 0 Å². The predicted octanol–water partition coefficient (Wildman–Crippen LogP) is 4.71. The second-order valence-corrected chi connectivity index (χ2v) is 7.42. The quantitative estimate of drug-likeness (QED) is 0.538. The third-order valence-electron chi connectivity index (χ3n) is 5.82. The summed E-state index contributed by atoms with van der Waals surface area (Å²) in [7, 11) is 0. The van der Waals surface area contributed by atoms with E-state index in [1.165, 1.54) is 69.8 Å². The van der Waals surface area contributed by atoms with Gasteiger partial charge in [0, 0.05) is 5.41 Å². The lowest BCUT2D eigenvalue weighted by Crippen LogP contribution is -2.45. The molecule has 4 saturated carbocycles. The van der Waals surface area contributed by atoms with Gasteiger partial charge in [-0.25, -0.2) is 0 Å². The molecule has 5 aliphatic rings. The topological polar surface area (TPSA) is 0 Å². The molecule has 0 aliphatic heterocycles. The van der Waals surface area contributed by atoms with Gasteiger partial charge in [-0.15, -0.1) is 0 Å². The monoisotopic (exact) mass is 240 g/mol. The third kappa shape index (κ3) is 1.93. The Hall–Kier alpha value is -0.700. The summed E-state index contributed by atoms with van der Waals surface area (Å²) in [6.45, 7) is 0. The SMILES string of the molecule is C(#CC12CC3CC(CC(C3)C1)C2)C1=CCCCC1. The fourth-order valence-corrected chi connectivity index (χ4v) is 5.43. The average molecular weight is 240 g/mol. The first-order valence-corrected chi connectivity index (χ1v) is 8.04. The Morgan fingerprint density at radius 2 is 1.61 bits per heavy atom. The molecule has 0 unspecified atom stereocenters. The minimum Gasteiger partial charge on any atom is -0.0914 e. The molecule has 0 amide bonds. The Kier molecular flexibility index (Phi) is 2.58. The van der Waals surface area contributed by atoms with Crippen LogP contribution in [0.3, 0.4) is 0 Å². The van der Waals surface area contributed by atoms with Crippen molar-refractivity contribution in [3.63, 3.8) is 0 Å². The van der Waals surface area contributed by atoms with Gasteiger partial charge in [-0.05, 0) is 87.5 Å². The lowest BCUT2D eigenvalue weighted by molar-refractivity contribution is -0.0181. The summed E-state index contributed by atoms with van der Waals surface area (Å²) in [5.41, 5.74) is 1.91. The molecule has 0 atom stereocenters. The van der Waals surface area contributed by atoms with Crippen LogP contribution in [0.2, 0.25) is 0 Å². The summed E-state index contributed by atoms with van der Waals surface area (Å²) in [5.74, 6) is 10.5. The van der Waals surface area contributed by atoms with Crippen LogP contribution in [0.5, 0.6) is 0 Å². The first kappa shape index (κ1) is 11.2. The molecule has 4 bridgehead atoms. The van der Waals surface area contributed by atoms with Crippen LogP contribution >= 0.6 is 0 Å². The zero-order valence-electron chi connectivity index (χ0n) is 11.4. The molecule has 0 nitrogen and oxygen atoms in total. The van der Waals surface area contributed by atoms with Crippen molar-refractivity contribution in [2.75, 3.05) is 0 Å². The van der Waals surface area contributed by atoms with Crippen molar-refractivity contribution in [3.05, 3.63) is 11.6 Å². The third-order valence-corrected chi connectivity index (χ3v) is 5.82. The van der Waals surface area contributed by atoms with E-state index < -0.39 is 0 Å². The highest BCUT2D eigenvalue weighted by Crippen LogP contribution is 2.59. The Balaban J connectivity index is 1.57. The summed E-state index contributed by atoms with van der Waals surface area (Å²) < 4.78 is 0. The minimum atomic E-state index is 0.451. The normalized spacial score (nSPS) is 45.3. The van der Waals surface area contributed by atoms with Gasteiger partial charge < -0.3 is 0 Å². The van der Waals surface area contributed by atoms with Gasteiger partial charge in [0.1, 0.15) is 0 Å². The van der Waals surface area contributed by atoms with E-state index in [0.717, 1.165) is 17.8 Å². The van der Waals surface area contributed by atoms with Gasteiger partial charge in [-0.3, -0.25) is 0 Å². The Labute approximate surface area is 111 Å². The molecular formula is C18H24. The smallest absolute Gasteiger partial charge is 0.0326 e. The van der Waals surface area contributed by atoms with Crippen molar-refractivity contribution in [2.24, 2.45) is 23.2 Å². The molecule has 0 saturated heterocycles. The van der Waals surface area contributed by atoms with Gasteiger partial charge in [0.2, 0.25) is 0 Å². The summed E-state index contributed by atoms with van der Waals surface area (Å²) in [5, 5.41) is 0. The van der Waals surface area contributed by atoms with Crippen molar-refractivity contribution in [1.29, 1.82) is 0 Å².